The summed E-state index contributed by atoms with van der Waals surface area (Å²) in [6.45, 7) is 1.85. The van der Waals surface area contributed by atoms with Crippen LogP contribution in [0.1, 0.15) is 10.7 Å². The maximum Gasteiger partial charge on any atom is 0.155 e. The fourth-order valence-corrected chi connectivity index (χ4v) is 5.35. The van der Waals surface area contributed by atoms with E-state index in [1.807, 2.05) is 12.3 Å². The first-order valence-electron chi connectivity index (χ1n) is 6.37. The molecule has 2 aliphatic heterocycles. The molecule has 0 radical (unpaired) electrons. The number of nitrogens with zero attached hydrogens (tertiary/aromatic N) is 2. The maximum absolute atomic E-state index is 11.6. The Bertz CT molecular complexity index is 737. The number of thiazole rings is 1. The number of aliphatic hydroxyl groups excluding tert-OH is 2. The molecular weight excluding hydrogens is 314 g/mol. The first-order chi connectivity index (χ1) is 9.78. The smallest absolute Gasteiger partial charge is 0.155 e. The van der Waals surface area contributed by atoms with Crippen molar-refractivity contribution in [2.45, 2.75) is 19.1 Å². The lowest BCUT2D eigenvalue weighted by Crippen LogP contribution is -2.44. The number of sulfone groups is 1. The first kappa shape index (κ1) is 14.5. The van der Waals surface area contributed by atoms with Gasteiger partial charge in [-0.05, 0) is 6.92 Å². The van der Waals surface area contributed by atoms with Crippen molar-refractivity contribution in [1.82, 2.24) is 9.88 Å². The van der Waals surface area contributed by atoms with Crippen LogP contribution in [0.3, 0.4) is 0 Å². The van der Waals surface area contributed by atoms with Crippen molar-refractivity contribution < 1.29 is 18.6 Å². The van der Waals surface area contributed by atoms with Crippen LogP contribution in [0.25, 0.3) is 5.57 Å². The van der Waals surface area contributed by atoms with Gasteiger partial charge in [0.05, 0.1) is 35.8 Å². The van der Waals surface area contributed by atoms with E-state index in [0.717, 1.165) is 5.69 Å². The Kier molecular flexibility index (Phi) is 3.30. The Morgan fingerprint density at radius 2 is 2.19 bits per heavy atom. The molecule has 0 aromatic carbocycles. The van der Waals surface area contributed by atoms with E-state index in [-0.39, 0.29) is 29.6 Å². The van der Waals surface area contributed by atoms with Crippen molar-refractivity contribution in [1.29, 1.82) is 5.41 Å². The Hall–Kier alpha value is -1.45. The second-order valence-corrected chi connectivity index (χ2v) is 8.32. The molecule has 3 N–H and O–H groups in total. The monoisotopic (exact) mass is 329 g/mol. The van der Waals surface area contributed by atoms with E-state index < -0.39 is 22.0 Å². The maximum atomic E-state index is 11.6. The molecular formula is C12H15N3O4S2. The molecule has 1 aromatic rings. The van der Waals surface area contributed by atoms with Gasteiger partial charge in [0.1, 0.15) is 16.6 Å². The van der Waals surface area contributed by atoms with E-state index in [2.05, 4.69) is 4.98 Å². The summed E-state index contributed by atoms with van der Waals surface area (Å²) in [4.78, 5) is 5.70. The van der Waals surface area contributed by atoms with E-state index >= 15 is 0 Å². The summed E-state index contributed by atoms with van der Waals surface area (Å²) in [6, 6.07) is -0.691. The van der Waals surface area contributed by atoms with Crippen molar-refractivity contribution in [2.24, 2.45) is 0 Å². The molecule has 0 saturated carbocycles. The normalized spacial score (nSPS) is 28.7. The number of amidine groups is 1. The average Bonchev–Trinajstić information content (AvgIpc) is 2.97. The van der Waals surface area contributed by atoms with Crippen molar-refractivity contribution in [3.63, 3.8) is 0 Å². The van der Waals surface area contributed by atoms with Crippen LogP contribution in [0, 0.1) is 12.3 Å². The van der Waals surface area contributed by atoms with E-state index in [1.165, 1.54) is 16.2 Å². The highest BCUT2D eigenvalue weighted by molar-refractivity contribution is 7.91. The Labute approximate surface area is 126 Å². The Balaban J connectivity index is 1.89. The number of nitrogens with one attached hydrogen (secondary N) is 1. The minimum Gasteiger partial charge on any atom is -0.510 e. The summed E-state index contributed by atoms with van der Waals surface area (Å²) in [5.41, 5.74) is 1.12. The van der Waals surface area contributed by atoms with Gasteiger partial charge in [-0.15, -0.1) is 11.3 Å². The second-order valence-electron chi connectivity index (χ2n) is 5.30. The molecule has 0 bridgehead atoms. The number of hydrogen-bond donors (Lipinski definition) is 3. The van der Waals surface area contributed by atoms with E-state index in [1.54, 1.807) is 0 Å². The van der Waals surface area contributed by atoms with Crippen LogP contribution in [0.15, 0.2) is 11.1 Å². The largest absolute Gasteiger partial charge is 0.510 e. The molecule has 0 spiro atoms. The molecule has 1 aromatic heterocycles. The summed E-state index contributed by atoms with van der Waals surface area (Å²) in [6.07, 6.45) is -1.04. The summed E-state index contributed by atoms with van der Waals surface area (Å²) in [7, 11) is -3.30. The first-order valence-corrected chi connectivity index (χ1v) is 9.07. The third-order valence-corrected chi connectivity index (χ3v) is 6.34. The Morgan fingerprint density at radius 3 is 2.71 bits per heavy atom. The van der Waals surface area contributed by atoms with Gasteiger partial charge in [-0.1, -0.05) is 0 Å². The van der Waals surface area contributed by atoms with Gasteiger partial charge in [0, 0.05) is 11.1 Å². The number of aromatic nitrogens is 1. The van der Waals surface area contributed by atoms with Gasteiger partial charge < -0.3 is 15.1 Å². The topological polar surface area (TPSA) is 115 Å². The summed E-state index contributed by atoms with van der Waals surface area (Å²) < 4.78 is 23.2. The molecule has 0 amide bonds. The lowest BCUT2D eigenvalue weighted by atomic mass is 10.2. The standard InChI is InChI=1S/C12H15N3O4S2/c1-6-3-20-12(14-6)10-8(16)2-15(11(10)13)7-4-21(18,19)5-9(7)17/h3,7,9,13,16-17H,2,4-5H2,1H3/t7-,9-/m0/s1. The molecule has 21 heavy (non-hydrogen) atoms. The summed E-state index contributed by atoms with van der Waals surface area (Å²) in [5.74, 6) is -0.490. The zero-order valence-corrected chi connectivity index (χ0v) is 12.9. The summed E-state index contributed by atoms with van der Waals surface area (Å²) in [5, 5.41) is 30.6. The van der Waals surface area contributed by atoms with Crippen LogP contribution in [0.4, 0.5) is 0 Å². The van der Waals surface area contributed by atoms with Crippen LogP contribution in [0.5, 0.6) is 0 Å². The zero-order chi connectivity index (χ0) is 15.4. The Morgan fingerprint density at radius 1 is 1.48 bits per heavy atom. The van der Waals surface area contributed by atoms with Gasteiger partial charge in [0.2, 0.25) is 0 Å². The van der Waals surface area contributed by atoms with E-state index in [0.29, 0.717) is 10.6 Å². The average molecular weight is 329 g/mol. The van der Waals surface area contributed by atoms with Crippen molar-refractivity contribution in [3.8, 4) is 0 Å². The highest BCUT2D eigenvalue weighted by Crippen LogP contribution is 2.32. The molecule has 3 heterocycles. The van der Waals surface area contributed by atoms with Crippen LogP contribution in [-0.4, -0.2) is 64.5 Å². The van der Waals surface area contributed by atoms with E-state index in [4.69, 9.17) is 5.41 Å². The van der Waals surface area contributed by atoms with Crippen molar-refractivity contribution in [3.05, 3.63) is 21.8 Å². The van der Waals surface area contributed by atoms with Crippen molar-refractivity contribution in [2.75, 3.05) is 18.1 Å². The molecule has 0 unspecified atom stereocenters. The third kappa shape index (κ3) is 2.45. The predicted octanol–water partition coefficient (Wildman–Crippen LogP) is 0.171. The number of aryl methyl sites for hydroxylation is 1. The molecule has 7 nitrogen and oxygen atoms in total. The quantitative estimate of drug-likeness (QED) is 0.712. The highest BCUT2D eigenvalue weighted by atomic mass is 32.2. The number of hydrogen-bond acceptors (Lipinski definition) is 7. The van der Waals surface area contributed by atoms with Gasteiger partial charge in [0.25, 0.3) is 0 Å². The fraction of sp³-hybridized carbons (Fsp3) is 0.500. The van der Waals surface area contributed by atoms with Gasteiger partial charge in [-0.25, -0.2) is 13.4 Å². The molecule has 1 fully saturated rings. The third-order valence-electron chi connectivity index (χ3n) is 3.66. The molecule has 114 valence electrons. The van der Waals surface area contributed by atoms with Gasteiger partial charge in [0.15, 0.2) is 9.84 Å². The van der Waals surface area contributed by atoms with Crippen LogP contribution >= 0.6 is 11.3 Å². The predicted molar refractivity (Wildman–Crippen MR) is 79.3 cm³/mol. The SMILES string of the molecule is Cc1csc(C2=C(O)CN([C@H]3CS(=O)(=O)C[C@@H]3O)C2=N)n1. The molecule has 0 aliphatic carbocycles. The van der Waals surface area contributed by atoms with E-state index in [9.17, 15) is 18.6 Å². The number of rotatable bonds is 2. The van der Waals surface area contributed by atoms with Crippen LogP contribution < -0.4 is 0 Å². The minimum atomic E-state index is -3.30. The van der Waals surface area contributed by atoms with Crippen LogP contribution in [-0.2, 0) is 9.84 Å². The van der Waals surface area contributed by atoms with Crippen LogP contribution in [0.2, 0.25) is 0 Å². The number of aliphatic hydroxyl groups is 2. The minimum absolute atomic E-state index is 0.00847. The zero-order valence-electron chi connectivity index (χ0n) is 11.3. The van der Waals surface area contributed by atoms with Gasteiger partial charge >= 0.3 is 0 Å². The fourth-order valence-electron chi connectivity index (χ4n) is 2.68. The molecule has 9 heteroatoms. The lowest BCUT2D eigenvalue weighted by molar-refractivity contribution is 0.124. The lowest BCUT2D eigenvalue weighted by Gasteiger charge is -2.27. The van der Waals surface area contributed by atoms with Gasteiger partial charge in [-0.3, -0.25) is 5.41 Å². The molecule has 2 aliphatic rings. The molecule has 3 rings (SSSR count). The highest BCUT2D eigenvalue weighted by Gasteiger charge is 2.44. The molecule has 1 saturated heterocycles. The van der Waals surface area contributed by atoms with Crippen molar-refractivity contribution >= 4 is 32.6 Å². The second kappa shape index (κ2) is 4.79. The summed E-state index contributed by atoms with van der Waals surface area (Å²) >= 11 is 1.32. The molecule has 2 atom stereocenters. The van der Waals surface area contributed by atoms with Gasteiger partial charge in [-0.2, -0.15) is 0 Å².